The zero-order valence-corrected chi connectivity index (χ0v) is 16.5. The van der Waals surface area contributed by atoms with E-state index in [0.29, 0.717) is 5.92 Å². The molecule has 27 heavy (non-hydrogen) atoms. The van der Waals surface area contributed by atoms with Crippen molar-refractivity contribution in [3.63, 3.8) is 0 Å². The van der Waals surface area contributed by atoms with Gasteiger partial charge in [0, 0.05) is 12.4 Å². The third-order valence-electron chi connectivity index (χ3n) is 3.44. The molecule has 0 atom stereocenters. The average molecular weight is 390 g/mol. The second-order valence-electron chi connectivity index (χ2n) is 6.10. The van der Waals surface area contributed by atoms with Crippen molar-refractivity contribution in [2.24, 2.45) is 0 Å². The fourth-order valence-corrected chi connectivity index (χ4v) is 1.80. The van der Waals surface area contributed by atoms with E-state index in [1.807, 2.05) is 41.5 Å². The summed E-state index contributed by atoms with van der Waals surface area (Å²) in [5.74, 6) is 0.541. The summed E-state index contributed by atoms with van der Waals surface area (Å²) in [5.41, 5.74) is 0.809. The van der Waals surface area contributed by atoms with Gasteiger partial charge in [-0.1, -0.05) is 53.7 Å². The summed E-state index contributed by atoms with van der Waals surface area (Å²) >= 11 is 0. The van der Waals surface area contributed by atoms with Crippen LogP contribution in [0.5, 0.6) is 0 Å². The molecule has 2 aromatic heterocycles. The molecule has 0 spiro atoms. The van der Waals surface area contributed by atoms with E-state index in [1.54, 1.807) is 6.07 Å². The van der Waals surface area contributed by atoms with Crippen molar-refractivity contribution in [1.29, 1.82) is 0 Å². The van der Waals surface area contributed by atoms with Crippen LogP contribution in [0.3, 0.4) is 0 Å². The molecule has 0 radical (unpaired) electrons. The second-order valence-corrected chi connectivity index (χ2v) is 6.10. The van der Waals surface area contributed by atoms with Crippen LogP contribution in [0.1, 0.15) is 82.3 Å². The van der Waals surface area contributed by atoms with Crippen LogP contribution in [0.4, 0.5) is 22.0 Å². The minimum Gasteiger partial charge on any atom is -0.255 e. The van der Waals surface area contributed by atoms with Crippen molar-refractivity contribution in [2.75, 3.05) is 0 Å². The highest BCUT2D eigenvalue weighted by Crippen LogP contribution is 2.28. The zero-order valence-electron chi connectivity index (χ0n) is 16.5. The molecule has 0 fully saturated rings. The van der Waals surface area contributed by atoms with E-state index in [-0.39, 0.29) is 11.6 Å². The van der Waals surface area contributed by atoms with E-state index in [4.69, 9.17) is 0 Å². The Hall–Kier alpha value is -2.05. The molecule has 2 heterocycles. The first-order valence-corrected chi connectivity index (χ1v) is 8.79. The number of pyridine rings is 2. The molecular weight excluding hydrogens is 363 g/mol. The van der Waals surface area contributed by atoms with Crippen LogP contribution in [-0.2, 0) is 6.18 Å². The Bertz CT molecular complexity index is 606. The molecule has 0 aliphatic rings. The number of halogens is 5. The summed E-state index contributed by atoms with van der Waals surface area (Å²) in [6, 6.07) is 5.54. The molecular formula is C20H27F5N2. The number of hydrogen-bond donors (Lipinski definition) is 0. The molecule has 2 aromatic rings. The lowest BCUT2D eigenvalue weighted by atomic mass is 10.1. The summed E-state index contributed by atoms with van der Waals surface area (Å²) in [4.78, 5) is 7.00. The Morgan fingerprint density at radius 2 is 1.19 bits per heavy atom. The van der Waals surface area contributed by atoms with Crippen LogP contribution in [0, 0.1) is 0 Å². The third kappa shape index (κ3) is 8.93. The topological polar surface area (TPSA) is 25.8 Å². The lowest BCUT2D eigenvalue weighted by Gasteiger charge is -2.07. The minimum atomic E-state index is -4.34. The lowest BCUT2D eigenvalue weighted by Crippen LogP contribution is -2.07. The summed E-state index contributed by atoms with van der Waals surface area (Å²) in [6.07, 6.45) is -4.03. The second kappa shape index (κ2) is 11.6. The van der Waals surface area contributed by atoms with Gasteiger partial charge in [0.1, 0.15) is 11.4 Å². The molecule has 152 valence electrons. The van der Waals surface area contributed by atoms with Gasteiger partial charge >= 0.3 is 6.18 Å². The van der Waals surface area contributed by atoms with Gasteiger partial charge < -0.3 is 0 Å². The lowest BCUT2D eigenvalue weighted by molar-refractivity contribution is -0.141. The maximum atomic E-state index is 12.1. The molecule has 0 aliphatic heterocycles. The monoisotopic (exact) mass is 390 g/mol. The van der Waals surface area contributed by atoms with Gasteiger partial charge in [0.15, 0.2) is 0 Å². The number of nitrogens with zero attached hydrogens (tertiary/aromatic N) is 2. The maximum Gasteiger partial charge on any atom is 0.433 e. The van der Waals surface area contributed by atoms with Crippen LogP contribution in [0.2, 0.25) is 0 Å². The first-order valence-electron chi connectivity index (χ1n) is 8.79. The Morgan fingerprint density at radius 3 is 1.44 bits per heavy atom. The van der Waals surface area contributed by atoms with Gasteiger partial charge in [-0.3, -0.25) is 9.97 Å². The smallest absolute Gasteiger partial charge is 0.255 e. The van der Waals surface area contributed by atoms with Crippen LogP contribution in [0.15, 0.2) is 36.7 Å². The summed E-state index contributed by atoms with van der Waals surface area (Å²) in [6.45, 7) is 11.8. The quantitative estimate of drug-likeness (QED) is 0.511. The summed E-state index contributed by atoms with van der Waals surface area (Å²) < 4.78 is 60.2. The van der Waals surface area contributed by atoms with Crippen molar-refractivity contribution in [1.82, 2.24) is 9.97 Å². The first-order chi connectivity index (χ1) is 12.5. The normalized spacial score (nSPS) is 11.0. The van der Waals surface area contributed by atoms with Crippen molar-refractivity contribution in [3.05, 3.63) is 59.2 Å². The predicted octanol–water partition coefficient (Wildman–Crippen LogP) is 7.39. The molecule has 0 aromatic carbocycles. The molecule has 7 heteroatoms. The Balaban J connectivity index is 0.000000460. The molecule has 2 nitrogen and oxygen atoms in total. The van der Waals surface area contributed by atoms with Crippen LogP contribution in [0.25, 0.3) is 0 Å². The van der Waals surface area contributed by atoms with Crippen LogP contribution in [-0.4, -0.2) is 9.97 Å². The summed E-state index contributed by atoms with van der Waals surface area (Å²) in [7, 11) is 0. The van der Waals surface area contributed by atoms with Crippen molar-refractivity contribution in [2.45, 2.75) is 66.0 Å². The maximum absolute atomic E-state index is 12.1. The van der Waals surface area contributed by atoms with E-state index in [1.165, 1.54) is 24.5 Å². The van der Waals surface area contributed by atoms with Crippen LogP contribution >= 0.6 is 0 Å². The largest absolute Gasteiger partial charge is 0.433 e. The van der Waals surface area contributed by atoms with E-state index in [9.17, 15) is 22.0 Å². The molecule has 0 unspecified atom stereocenters. The minimum absolute atomic E-state index is 0.153. The van der Waals surface area contributed by atoms with Gasteiger partial charge in [-0.05, 0) is 35.1 Å². The zero-order chi connectivity index (χ0) is 21.2. The van der Waals surface area contributed by atoms with Gasteiger partial charge in [-0.15, -0.1) is 0 Å². The highest BCUT2D eigenvalue weighted by atomic mass is 19.4. The van der Waals surface area contributed by atoms with Gasteiger partial charge in [-0.25, -0.2) is 8.78 Å². The van der Waals surface area contributed by atoms with Crippen molar-refractivity contribution >= 4 is 0 Å². The van der Waals surface area contributed by atoms with Gasteiger partial charge in [0.25, 0.3) is 6.43 Å². The number of hydrogen-bond acceptors (Lipinski definition) is 2. The van der Waals surface area contributed by atoms with E-state index < -0.39 is 18.3 Å². The molecule has 2 rings (SSSR count). The molecule has 0 aliphatic carbocycles. The highest BCUT2D eigenvalue weighted by Gasteiger charge is 2.32. The van der Waals surface area contributed by atoms with E-state index in [2.05, 4.69) is 9.97 Å². The SMILES string of the molecule is CC.CC(C)c1ccc(C(F)(F)F)nc1.CC(C)c1ccc(C(F)F)nc1. The van der Waals surface area contributed by atoms with Crippen LogP contribution < -0.4 is 0 Å². The molecule has 0 saturated heterocycles. The standard InChI is InChI=1S/C9H10F3N.C9H11F2N.C2H6/c1-6(2)7-3-4-8(13-5-7)9(10,11)12;1-6(2)7-3-4-8(9(10)11)12-5-7;1-2/h3-6H,1-2H3;3-6,9H,1-2H3;1-2H3. The average Bonchev–Trinajstić information content (AvgIpc) is 2.63. The van der Waals surface area contributed by atoms with E-state index >= 15 is 0 Å². The predicted molar refractivity (Wildman–Crippen MR) is 98.0 cm³/mol. The molecule has 0 bridgehead atoms. The molecule has 0 saturated carbocycles. The number of aromatic nitrogens is 2. The van der Waals surface area contributed by atoms with Gasteiger partial charge in [-0.2, -0.15) is 13.2 Å². The molecule has 0 N–H and O–H groups in total. The highest BCUT2D eigenvalue weighted by molar-refractivity contribution is 5.18. The van der Waals surface area contributed by atoms with Crippen molar-refractivity contribution < 1.29 is 22.0 Å². The van der Waals surface area contributed by atoms with Crippen molar-refractivity contribution in [3.8, 4) is 0 Å². The molecule has 0 amide bonds. The fraction of sp³-hybridized carbons (Fsp3) is 0.500. The Kier molecular flexibility index (Phi) is 10.7. The van der Waals surface area contributed by atoms with Gasteiger partial charge in [0.05, 0.1) is 0 Å². The third-order valence-corrected chi connectivity index (χ3v) is 3.44. The Labute approximate surface area is 157 Å². The van der Waals surface area contributed by atoms with E-state index in [0.717, 1.165) is 17.2 Å². The summed E-state index contributed by atoms with van der Waals surface area (Å²) in [5, 5.41) is 0. The Morgan fingerprint density at radius 1 is 0.741 bits per heavy atom. The van der Waals surface area contributed by atoms with Gasteiger partial charge in [0.2, 0.25) is 0 Å². The number of alkyl halides is 5. The first kappa shape index (κ1) is 24.9. The fourth-order valence-electron chi connectivity index (χ4n) is 1.80. The number of rotatable bonds is 3.